The van der Waals surface area contributed by atoms with Crippen LogP contribution in [0.25, 0.3) is 0 Å². The molecule has 1 aliphatic heterocycles. The minimum atomic E-state index is -0.966. The summed E-state index contributed by atoms with van der Waals surface area (Å²) in [5.41, 5.74) is 0.739. The second-order valence-corrected chi connectivity index (χ2v) is 6.19. The number of benzene rings is 1. The van der Waals surface area contributed by atoms with E-state index in [1.807, 2.05) is 32.0 Å². The van der Waals surface area contributed by atoms with E-state index in [1.165, 1.54) is 0 Å². The standard InChI is InChI=1S/C17H21NO3/c1-11(2)18-14-8-7-12(21-3)10-13(14)17(16(18)20)9-5-4-6-15(17)19/h7-8,10-11H,4-6,9H2,1-3H3. The van der Waals surface area contributed by atoms with Crippen molar-refractivity contribution in [2.45, 2.75) is 51.0 Å². The van der Waals surface area contributed by atoms with Crippen LogP contribution in [-0.4, -0.2) is 24.8 Å². The molecule has 0 bridgehead atoms. The fraction of sp³-hybridized carbons (Fsp3) is 0.529. The fourth-order valence-electron chi connectivity index (χ4n) is 3.68. The van der Waals surface area contributed by atoms with Gasteiger partial charge in [-0.25, -0.2) is 0 Å². The lowest BCUT2D eigenvalue weighted by atomic mass is 9.69. The van der Waals surface area contributed by atoms with E-state index in [-0.39, 0.29) is 17.7 Å². The van der Waals surface area contributed by atoms with E-state index in [0.29, 0.717) is 18.6 Å². The van der Waals surface area contributed by atoms with Crippen LogP contribution in [0.4, 0.5) is 5.69 Å². The third-order valence-corrected chi connectivity index (χ3v) is 4.70. The van der Waals surface area contributed by atoms with E-state index in [9.17, 15) is 9.59 Å². The quantitative estimate of drug-likeness (QED) is 0.786. The Labute approximate surface area is 125 Å². The largest absolute Gasteiger partial charge is 0.497 e. The van der Waals surface area contributed by atoms with Crippen LogP contribution < -0.4 is 9.64 Å². The number of amides is 1. The fourth-order valence-corrected chi connectivity index (χ4v) is 3.68. The number of methoxy groups -OCH3 is 1. The molecule has 1 fully saturated rings. The summed E-state index contributed by atoms with van der Waals surface area (Å²) in [4.78, 5) is 27.5. The molecule has 2 aliphatic rings. The van der Waals surface area contributed by atoms with Crippen LogP contribution in [0.15, 0.2) is 18.2 Å². The minimum Gasteiger partial charge on any atom is -0.497 e. The van der Waals surface area contributed by atoms with Gasteiger partial charge in [0.1, 0.15) is 11.2 Å². The predicted octanol–water partition coefficient (Wildman–Crippen LogP) is 2.83. The van der Waals surface area contributed by atoms with Gasteiger partial charge in [-0.15, -0.1) is 0 Å². The van der Waals surface area contributed by atoms with Crippen molar-refractivity contribution in [3.63, 3.8) is 0 Å². The number of ether oxygens (including phenoxy) is 1. The molecule has 1 aromatic carbocycles. The first kappa shape index (κ1) is 14.1. The topological polar surface area (TPSA) is 46.6 Å². The van der Waals surface area contributed by atoms with E-state index in [4.69, 9.17) is 4.74 Å². The molecule has 1 saturated carbocycles. The molecule has 1 aromatic rings. The number of hydrogen-bond acceptors (Lipinski definition) is 3. The van der Waals surface area contributed by atoms with Crippen LogP contribution in [-0.2, 0) is 15.0 Å². The van der Waals surface area contributed by atoms with Gasteiger partial charge in [0, 0.05) is 23.7 Å². The molecule has 1 spiro atoms. The first-order valence-electron chi connectivity index (χ1n) is 7.58. The van der Waals surface area contributed by atoms with E-state index >= 15 is 0 Å². The Kier molecular flexibility index (Phi) is 3.27. The maximum Gasteiger partial charge on any atom is 0.245 e. The van der Waals surface area contributed by atoms with Crippen LogP contribution in [0.5, 0.6) is 5.75 Å². The summed E-state index contributed by atoms with van der Waals surface area (Å²) in [7, 11) is 1.61. The van der Waals surface area contributed by atoms with Crippen molar-refractivity contribution in [3.8, 4) is 5.75 Å². The molecule has 1 heterocycles. The first-order chi connectivity index (χ1) is 10.0. The highest BCUT2D eigenvalue weighted by molar-refractivity contribution is 6.22. The Balaban J connectivity index is 2.23. The van der Waals surface area contributed by atoms with Gasteiger partial charge in [-0.3, -0.25) is 9.59 Å². The van der Waals surface area contributed by atoms with Crippen molar-refractivity contribution in [3.05, 3.63) is 23.8 Å². The zero-order valence-electron chi connectivity index (χ0n) is 12.8. The maximum atomic E-state index is 13.1. The molecular weight excluding hydrogens is 266 g/mol. The van der Waals surface area contributed by atoms with Crippen LogP contribution in [0.2, 0.25) is 0 Å². The number of Topliss-reactive ketones (excluding diaryl/α,β-unsaturated/α-hetero) is 1. The number of rotatable bonds is 2. The molecule has 1 aliphatic carbocycles. The summed E-state index contributed by atoms with van der Waals surface area (Å²) in [6.07, 6.45) is 2.91. The van der Waals surface area contributed by atoms with Crippen molar-refractivity contribution in [2.75, 3.05) is 12.0 Å². The maximum absolute atomic E-state index is 13.1. The van der Waals surface area contributed by atoms with Gasteiger partial charge in [0.05, 0.1) is 7.11 Å². The zero-order chi connectivity index (χ0) is 15.2. The average molecular weight is 287 g/mol. The Bertz CT molecular complexity index is 608. The molecule has 0 radical (unpaired) electrons. The molecule has 1 unspecified atom stereocenters. The number of fused-ring (bicyclic) bond motifs is 2. The molecule has 1 atom stereocenters. The molecule has 112 valence electrons. The van der Waals surface area contributed by atoms with Crippen LogP contribution in [0, 0.1) is 0 Å². The van der Waals surface area contributed by atoms with Crippen molar-refractivity contribution in [1.29, 1.82) is 0 Å². The Morgan fingerprint density at radius 2 is 2.00 bits per heavy atom. The third-order valence-electron chi connectivity index (χ3n) is 4.70. The second-order valence-electron chi connectivity index (χ2n) is 6.19. The molecule has 0 aromatic heterocycles. The highest BCUT2D eigenvalue weighted by Crippen LogP contribution is 2.50. The lowest BCUT2D eigenvalue weighted by Gasteiger charge is -2.31. The number of carbonyl (C=O) groups is 2. The molecule has 21 heavy (non-hydrogen) atoms. The number of anilines is 1. The molecule has 1 amide bonds. The van der Waals surface area contributed by atoms with E-state index in [2.05, 4.69) is 0 Å². The van der Waals surface area contributed by atoms with E-state index in [1.54, 1.807) is 12.0 Å². The highest BCUT2D eigenvalue weighted by Gasteiger charge is 2.56. The second kappa shape index (κ2) is 4.86. The number of carbonyl (C=O) groups excluding carboxylic acids is 2. The van der Waals surface area contributed by atoms with Crippen molar-refractivity contribution in [2.24, 2.45) is 0 Å². The summed E-state index contributed by atoms with van der Waals surface area (Å²) in [5, 5.41) is 0. The normalized spacial score (nSPS) is 24.9. The molecular formula is C17H21NO3. The highest BCUT2D eigenvalue weighted by atomic mass is 16.5. The zero-order valence-corrected chi connectivity index (χ0v) is 12.8. The summed E-state index contributed by atoms with van der Waals surface area (Å²) >= 11 is 0. The van der Waals surface area contributed by atoms with E-state index in [0.717, 1.165) is 24.1 Å². The van der Waals surface area contributed by atoms with Crippen LogP contribution >= 0.6 is 0 Å². The Morgan fingerprint density at radius 1 is 1.24 bits per heavy atom. The number of nitrogens with zero attached hydrogens (tertiary/aromatic N) is 1. The average Bonchev–Trinajstić information content (AvgIpc) is 2.71. The lowest BCUT2D eigenvalue weighted by molar-refractivity contribution is -0.136. The summed E-state index contributed by atoms with van der Waals surface area (Å²) < 4.78 is 5.30. The molecule has 4 nitrogen and oxygen atoms in total. The number of hydrogen-bond donors (Lipinski definition) is 0. The van der Waals surface area contributed by atoms with Gasteiger partial charge in [-0.1, -0.05) is 6.42 Å². The van der Waals surface area contributed by atoms with Gasteiger partial charge in [0.2, 0.25) is 5.91 Å². The summed E-state index contributed by atoms with van der Waals surface area (Å²) in [5.74, 6) is 0.715. The van der Waals surface area contributed by atoms with Crippen LogP contribution in [0.1, 0.15) is 45.1 Å². The summed E-state index contributed by atoms with van der Waals surface area (Å²) in [6.45, 7) is 3.97. The van der Waals surface area contributed by atoms with Crippen molar-refractivity contribution in [1.82, 2.24) is 0 Å². The minimum absolute atomic E-state index is 0.0405. The van der Waals surface area contributed by atoms with Gasteiger partial charge in [-0.2, -0.15) is 0 Å². The predicted molar refractivity (Wildman–Crippen MR) is 80.8 cm³/mol. The first-order valence-corrected chi connectivity index (χ1v) is 7.58. The van der Waals surface area contributed by atoms with Gasteiger partial charge in [-0.05, 0) is 44.9 Å². The molecule has 3 rings (SSSR count). The molecule has 0 N–H and O–H groups in total. The smallest absolute Gasteiger partial charge is 0.245 e. The van der Waals surface area contributed by atoms with Crippen molar-refractivity contribution < 1.29 is 14.3 Å². The van der Waals surface area contributed by atoms with Gasteiger partial charge >= 0.3 is 0 Å². The lowest BCUT2D eigenvalue weighted by Crippen LogP contribution is -2.49. The SMILES string of the molecule is COc1ccc2c(c1)C1(CCCCC1=O)C(=O)N2C(C)C. The Hall–Kier alpha value is -1.84. The van der Waals surface area contributed by atoms with E-state index < -0.39 is 5.41 Å². The number of ketones is 1. The van der Waals surface area contributed by atoms with Gasteiger partial charge in [0.25, 0.3) is 0 Å². The van der Waals surface area contributed by atoms with Gasteiger partial charge in [0.15, 0.2) is 5.78 Å². The van der Waals surface area contributed by atoms with Crippen molar-refractivity contribution >= 4 is 17.4 Å². The monoisotopic (exact) mass is 287 g/mol. The van der Waals surface area contributed by atoms with Crippen LogP contribution in [0.3, 0.4) is 0 Å². The Morgan fingerprint density at radius 3 is 2.62 bits per heavy atom. The molecule has 0 saturated heterocycles. The molecule has 4 heteroatoms. The van der Waals surface area contributed by atoms with Gasteiger partial charge < -0.3 is 9.64 Å². The summed E-state index contributed by atoms with van der Waals surface area (Å²) in [6, 6.07) is 5.67. The third kappa shape index (κ3) is 1.81.